The van der Waals surface area contributed by atoms with Crippen LogP contribution in [-0.4, -0.2) is 33.5 Å². The van der Waals surface area contributed by atoms with Crippen molar-refractivity contribution in [3.8, 4) is 0 Å². The molecule has 9 heteroatoms. The Labute approximate surface area is 175 Å². The highest BCUT2D eigenvalue weighted by Crippen LogP contribution is 2.13. The van der Waals surface area contributed by atoms with Gasteiger partial charge in [-0.25, -0.2) is 19.0 Å². The lowest BCUT2D eigenvalue weighted by Gasteiger charge is -2.13. The largest absolute Gasteiger partial charge is 0.465 e. The van der Waals surface area contributed by atoms with Gasteiger partial charge in [-0.2, -0.15) is 4.98 Å². The molecule has 0 amide bonds. The van der Waals surface area contributed by atoms with Crippen molar-refractivity contribution in [1.82, 2.24) is 14.1 Å². The number of rotatable bonds is 6. The maximum atomic E-state index is 13.0. The van der Waals surface area contributed by atoms with Gasteiger partial charge in [0, 0.05) is 5.02 Å². The van der Waals surface area contributed by atoms with Crippen LogP contribution in [0.1, 0.15) is 21.5 Å². The Balaban J connectivity index is 1.97. The summed E-state index contributed by atoms with van der Waals surface area (Å²) in [7, 11) is 1.32. The molecular weight excluding hydrogens is 414 g/mol. The van der Waals surface area contributed by atoms with Crippen molar-refractivity contribution < 1.29 is 9.53 Å². The summed E-state index contributed by atoms with van der Waals surface area (Å²) in [6, 6.07) is 13.6. The Hall–Kier alpha value is -2.84. The number of benzene rings is 2. The third-order valence-corrected chi connectivity index (χ3v) is 5.20. The van der Waals surface area contributed by atoms with Crippen LogP contribution >= 0.6 is 23.4 Å². The summed E-state index contributed by atoms with van der Waals surface area (Å²) in [5, 5.41) is 0.897. The van der Waals surface area contributed by atoms with E-state index in [9.17, 15) is 14.4 Å². The van der Waals surface area contributed by atoms with Gasteiger partial charge in [-0.05, 0) is 41.6 Å². The Morgan fingerprint density at radius 3 is 2.10 bits per heavy atom. The van der Waals surface area contributed by atoms with Gasteiger partial charge >= 0.3 is 17.3 Å². The smallest absolute Gasteiger partial charge is 0.354 e. The van der Waals surface area contributed by atoms with Gasteiger partial charge < -0.3 is 4.74 Å². The average molecular weight is 432 g/mol. The zero-order valence-corrected chi connectivity index (χ0v) is 17.4. The van der Waals surface area contributed by atoms with E-state index < -0.39 is 17.3 Å². The van der Waals surface area contributed by atoms with E-state index in [0.29, 0.717) is 15.7 Å². The molecule has 0 bridgehead atoms. The molecule has 7 nitrogen and oxygen atoms in total. The molecule has 3 aromatic rings. The lowest BCUT2D eigenvalue weighted by atomic mass is 10.1. The topological polar surface area (TPSA) is 83.2 Å². The minimum Gasteiger partial charge on any atom is -0.465 e. The maximum Gasteiger partial charge on any atom is 0.354 e. The van der Waals surface area contributed by atoms with Gasteiger partial charge in [0.25, 0.3) is 0 Å². The highest BCUT2D eigenvalue weighted by atomic mass is 35.5. The Bertz CT molecular complexity index is 1140. The number of nitrogens with zero attached hydrogens (tertiary/aromatic N) is 3. The van der Waals surface area contributed by atoms with Gasteiger partial charge in [-0.1, -0.05) is 47.6 Å². The molecule has 1 aromatic heterocycles. The summed E-state index contributed by atoms with van der Waals surface area (Å²) >= 11 is 7.11. The highest BCUT2D eigenvalue weighted by molar-refractivity contribution is 7.98. The number of halogens is 1. The van der Waals surface area contributed by atoms with Crippen LogP contribution < -0.4 is 11.4 Å². The second kappa shape index (κ2) is 9.11. The lowest BCUT2D eigenvalue weighted by molar-refractivity contribution is 0.0600. The minimum absolute atomic E-state index is 0.0950. The first-order valence-corrected chi connectivity index (χ1v) is 10.2. The molecule has 0 aliphatic rings. The molecule has 0 aliphatic heterocycles. The molecule has 0 N–H and O–H groups in total. The molecule has 3 rings (SSSR count). The number of esters is 1. The van der Waals surface area contributed by atoms with Crippen LogP contribution in [-0.2, 0) is 17.8 Å². The van der Waals surface area contributed by atoms with E-state index in [1.165, 1.54) is 23.4 Å². The predicted molar refractivity (Wildman–Crippen MR) is 112 cm³/mol. The third kappa shape index (κ3) is 4.78. The fraction of sp³-hybridized carbons (Fsp3) is 0.200. The quantitative estimate of drug-likeness (QED) is 0.440. The van der Waals surface area contributed by atoms with Crippen LogP contribution in [0.15, 0.2) is 63.3 Å². The van der Waals surface area contributed by atoms with Gasteiger partial charge in [0.15, 0.2) is 5.16 Å². The fourth-order valence-corrected chi connectivity index (χ4v) is 3.42. The van der Waals surface area contributed by atoms with E-state index in [2.05, 4.69) is 9.72 Å². The van der Waals surface area contributed by atoms with Gasteiger partial charge in [-0.3, -0.25) is 4.57 Å². The molecule has 0 fully saturated rings. The first-order valence-electron chi connectivity index (χ1n) is 8.60. The lowest BCUT2D eigenvalue weighted by Crippen LogP contribution is -2.42. The van der Waals surface area contributed by atoms with Gasteiger partial charge in [0.05, 0.1) is 25.8 Å². The monoisotopic (exact) mass is 431 g/mol. The normalized spacial score (nSPS) is 10.7. The molecule has 29 heavy (non-hydrogen) atoms. The third-order valence-electron chi connectivity index (χ3n) is 4.27. The molecule has 2 aromatic carbocycles. The van der Waals surface area contributed by atoms with Gasteiger partial charge in [-0.15, -0.1) is 0 Å². The number of carbonyl (C=O) groups is 1. The second-order valence-corrected chi connectivity index (χ2v) is 7.36. The zero-order chi connectivity index (χ0) is 21.0. The maximum absolute atomic E-state index is 13.0. The Kier molecular flexibility index (Phi) is 6.56. The molecule has 0 atom stereocenters. The van der Waals surface area contributed by atoms with E-state index in [0.717, 1.165) is 15.7 Å². The molecule has 1 heterocycles. The van der Waals surface area contributed by atoms with Gasteiger partial charge in [0.1, 0.15) is 0 Å². The van der Waals surface area contributed by atoms with Crippen molar-refractivity contribution in [1.29, 1.82) is 0 Å². The Morgan fingerprint density at radius 1 is 1.00 bits per heavy atom. The van der Waals surface area contributed by atoms with Gasteiger partial charge in [0.2, 0.25) is 0 Å². The number of hydrogen-bond donors (Lipinski definition) is 0. The number of thioether (sulfide) groups is 1. The summed E-state index contributed by atoms with van der Waals surface area (Å²) < 4.78 is 7.22. The van der Waals surface area contributed by atoms with Crippen molar-refractivity contribution >= 4 is 29.3 Å². The van der Waals surface area contributed by atoms with Crippen LogP contribution in [0.3, 0.4) is 0 Å². The van der Waals surface area contributed by atoms with Crippen molar-refractivity contribution in [3.05, 3.63) is 91.2 Å². The van der Waals surface area contributed by atoms with Crippen molar-refractivity contribution in [3.63, 3.8) is 0 Å². The summed E-state index contributed by atoms with van der Waals surface area (Å²) in [4.78, 5) is 41.1. The molecule has 0 spiro atoms. The van der Waals surface area contributed by atoms with Crippen LogP contribution in [0.5, 0.6) is 0 Å². The number of aromatic nitrogens is 3. The van der Waals surface area contributed by atoms with E-state index >= 15 is 0 Å². The molecule has 0 saturated heterocycles. The minimum atomic E-state index is -0.605. The molecule has 0 unspecified atom stereocenters. The number of ether oxygens (including phenoxy) is 1. The van der Waals surface area contributed by atoms with Crippen molar-refractivity contribution in [2.75, 3.05) is 13.4 Å². The van der Waals surface area contributed by atoms with Crippen LogP contribution in [0.25, 0.3) is 0 Å². The molecule has 0 aliphatic carbocycles. The predicted octanol–water partition coefficient (Wildman–Crippen LogP) is 2.66. The molecular formula is C20H18ClN3O4S. The summed E-state index contributed by atoms with van der Waals surface area (Å²) in [5.41, 5.74) is 0.905. The first-order chi connectivity index (χ1) is 13.9. The molecule has 0 saturated carbocycles. The summed E-state index contributed by atoms with van der Waals surface area (Å²) in [6.07, 6.45) is 1.75. The fourth-order valence-electron chi connectivity index (χ4n) is 2.76. The van der Waals surface area contributed by atoms with Crippen LogP contribution in [0.4, 0.5) is 0 Å². The standard InChI is InChI=1S/C20H18ClN3O4S/c1-28-17(25)15-7-3-13(4-8-15)12-24-19(29-2)22-18(26)23(20(24)27)11-14-5-9-16(21)10-6-14/h3-10H,11-12H2,1-2H3. The number of hydrogen-bond acceptors (Lipinski definition) is 6. The van der Waals surface area contributed by atoms with E-state index in [1.807, 2.05) is 0 Å². The van der Waals surface area contributed by atoms with E-state index in [-0.39, 0.29) is 13.1 Å². The zero-order valence-electron chi connectivity index (χ0n) is 15.8. The number of carbonyl (C=O) groups excluding carboxylic acids is 1. The summed E-state index contributed by atoms with van der Waals surface area (Å²) in [5.74, 6) is -0.434. The molecule has 150 valence electrons. The van der Waals surface area contributed by atoms with E-state index in [1.54, 1.807) is 54.8 Å². The SMILES string of the molecule is COC(=O)c1ccc(Cn2c(SC)nc(=O)n(Cc3ccc(Cl)cc3)c2=O)cc1. The average Bonchev–Trinajstić information content (AvgIpc) is 2.74. The van der Waals surface area contributed by atoms with E-state index in [4.69, 9.17) is 11.6 Å². The summed E-state index contributed by atoms with van der Waals surface area (Å²) in [6.45, 7) is 0.308. The first kappa shape index (κ1) is 20.9. The number of methoxy groups -OCH3 is 1. The van der Waals surface area contributed by atoms with Crippen LogP contribution in [0, 0.1) is 0 Å². The Morgan fingerprint density at radius 2 is 1.55 bits per heavy atom. The second-order valence-electron chi connectivity index (χ2n) is 6.15. The van der Waals surface area contributed by atoms with Crippen molar-refractivity contribution in [2.45, 2.75) is 18.2 Å². The van der Waals surface area contributed by atoms with Crippen molar-refractivity contribution in [2.24, 2.45) is 0 Å². The van der Waals surface area contributed by atoms with Crippen LogP contribution in [0.2, 0.25) is 5.02 Å². The highest BCUT2D eigenvalue weighted by Gasteiger charge is 2.14. The molecule has 0 radical (unpaired) electrons.